The van der Waals surface area contributed by atoms with E-state index in [1.807, 2.05) is 4.90 Å². The summed E-state index contributed by atoms with van der Waals surface area (Å²) in [5, 5.41) is 8.61. The molecule has 0 bridgehead atoms. The van der Waals surface area contributed by atoms with Crippen molar-refractivity contribution in [1.29, 1.82) is 0 Å². The number of piperidine rings is 1. The van der Waals surface area contributed by atoms with E-state index in [1.165, 1.54) is 12.1 Å². The van der Waals surface area contributed by atoms with Crippen molar-refractivity contribution < 1.29 is 23.1 Å². The third-order valence-corrected chi connectivity index (χ3v) is 6.72. The zero-order valence-electron chi connectivity index (χ0n) is 19.8. The zero-order chi connectivity index (χ0) is 25.2. The van der Waals surface area contributed by atoms with Crippen molar-refractivity contribution in [3.8, 4) is 0 Å². The predicted molar refractivity (Wildman–Crippen MR) is 132 cm³/mol. The highest BCUT2D eigenvalue weighted by atomic mass is 19.1. The number of hydrogen-bond donors (Lipinski definition) is 3. The van der Waals surface area contributed by atoms with Gasteiger partial charge in [-0.1, -0.05) is 6.58 Å². The lowest BCUT2D eigenvalue weighted by Gasteiger charge is -2.33. The first-order valence-electron chi connectivity index (χ1n) is 12.0. The minimum absolute atomic E-state index is 0.00999. The molecule has 0 aliphatic carbocycles. The highest BCUT2D eigenvalue weighted by Gasteiger charge is 2.31. The normalized spacial score (nSPS) is 19.5. The van der Waals surface area contributed by atoms with E-state index in [-0.39, 0.29) is 46.9 Å². The molecule has 2 aromatic rings. The number of pyridine rings is 1. The Hall–Kier alpha value is -3.73. The van der Waals surface area contributed by atoms with Crippen LogP contribution in [-0.2, 0) is 16.1 Å². The van der Waals surface area contributed by atoms with E-state index in [9.17, 15) is 9.59 Å². The van der Waals surface area contributed by atoms with E-state index in [0.29, 0.717) is 39.4 Å². The molecule has 36 heavy (non-hydrogen) atoms. The molecule has 3 aliphatic heterocycles. The maximum Gasteiger partial charge on any atom is 0.255 e. The maximum absolute atomic E-state index is 15.3. The molecule has 11 heteroatoms. The largest absolute Gasteiger partial charge is 0.378 e. The fraction of sp³-hybridized carbons (Fsp3) is 0.400. The summed E-state index contributed by atoms with van der Waals surface area (Å²) in [6, 6.07) is 4.55. The number of carbonyl (C=O) groups is 2. The van der Waals surface area contributed by atoms with Crippen LogP contribution in [0, 0.1) is 11.6 Å². The predicted octanol–water partition coefficient (Wildman–Crippen LogP) is 2.77. The van der Waals surface area contributed by atoms with E-state index >= 15 is 8.78 Å². The van der Waals surface area contributed by atoms with E-state index in [2.05, 4.69) is 27.5 Å². The standard InChI is InChI=1S/C25H28F2N6O3/c1-2-20(34)33-7-3-4-15(14-33)29-24-22(27)17-13-28-25(35)21(17)23(31-24)30-19-6-5-16(12-18(19)26)32-8-10-36-11-9-32/h2,5-6,12,15H,1,3-4,7-11,13-14H2,(H,28,35)(H2,29,30,31). The molecule has 190 valence electrons. The van der Waals surface area contributed by atoms with Gasteiger partial charge in [0.25, 0.3) is 5.91 Å². The van der Waals surface area contributed by atoms with Crippen LogP contribution in [0.5, 0.6) is 0 Å². The Bertz CT molecular complexity index is 1200. The number of nitrogens with zero attached hydrogens (tertiary/aromatic N) is 3. The Kier molecular flexibility index (Phi) is 6.73. The van der Waals surface area contributed by atoms with Gasteiger partial charge in [-0.25, -0.2) is 13.8 Å². The minimum Gasteiger partial charge on any atom is -0.378 e. The summed E-state index contributed by atoms with van der Waals surface area (Å²) in [5.41, 5.74) is 1.08. The number of rotatable bonds is 6. The van der Waals surface area contributed by atoms with Crippen LogP contribution >= 0.6 is 0 Å². The monoisotopic (exact) mass is 498 g/mol. The number of benzene rings is 1. The van der Waals surface area contributed by atoms with Gasteiger partial charge in [-0.3, -0.25) is 9.59 Å². The highest BCUT2D eigenvalue weighted by molar-refractivity contribution is 6.03. The maximum atomic E-state index is 15.3. The number of nitrogens with one attached hydrogen (secondary N) is 3. The number of carbonyl (C=O) groups excluding carboxylic acids is 2. The summed E-state index contributed by atoms with van der Waals surface area (Å²) in [4.78, 5) is 32.5. The van der Waals surface area contributed by atoms with Crippen molar-refractivity contribution in [2.45, 2.75) is 25.4 Å². The minimum atomic E-state index is -0.635. The average molecular weight is 499 g/mol. The third-order valence-electron chi connectivity index (χ3n) is 6.72. The van der Waals surface area contributed by atoms with Crippen molar-refractivity contribution in [2.75, 3.05) is 54.9 Å². The van der Waals surface area contributed by atoms with Crippen molar-refractivity contribution in [1.82, 2.24) is 15.2 Å². The smallest absolute Gasteiger partial charge is 0.255 e. The first kappa shape index (κ1) is 24.0. The molecular weight excluding hydrogens is 470 g/mol. The average Bonchev–Trinajstić information content (AvgIpc) is 3.30. The summed E-state index contributed by atoms with van der Waals surface area (Å²) in [6.45, 7) is 7.02. The lowest BCUT2D eigenvalue weighted by atomic mass is 10.0. The van der Waals surface area contributed by atoms with Gasteiger partial charge in [-0.15, -0.1) is 0 Å². The van der Waals surface area contributed by atoms with Crippen LogP contribution in [-0.4, -0.2) is 67.1 Å². The lowest BCUT2D eigenvalue weighted by Crippen LogP contribution is -2.44. The second-order valence-electron chi connectivity index (χ2n) is 9.02. The summed E-state index contributed by atoms with van der Waals surface area (Å²) in [5.74, 6) is -1.79. The van der Waals surface area contributed by atoms with Gasteiger partial charge in [0, 0.05) is 50.0 Å². The molecule has 0 saturated carbocycles. The SMILES string of the molecule is C=CC(=O)N1CCCC(Nc2nc(Nc3ccc(N4CCOCC4)cc3F)c3c(c2F)CNC3=O)C1. The topological polar surface area (TPSA) is 98.8 Å². The quantitative estimate of drug-likeness (QED) is 0.527. The van der Waals surface area contributed by atoms with Crippen LogP contribution in [0.4, 0.5) is 31.8 Å². The Balaban J connectivity index is 1.41. The summed E-state index contributed by atoms with van der Waals surface area (Å²) < 4.78 is 35.8. The molecule has 1 unspecified atom stereocenters. The zero-order valence-corrected chi connectivity index (χ0v) is 19.8. The number of aromatic nitrogens is 1. The Morgan fingerprint density at radius 2 is 2.03 bits per heavy atom. The van der Waals surface area contributed by atoms with Crippen LogP contribution < -0.4 is 20.9 Å². The highest BCUT2D eigenvalue weighted by Crippen LogP contribution is 2.33. The molecule has 1 aromatic heterocycles. The third kappa shape index (κ3) is 4.70. The van der Waals surface area contributed by atoms with Gasteiger partial charge in [0.15, 0.2) is 11.6 Å². The van der Waals surface area contributed by atoms with Crippen molar-refractivity contribution in [3.05, 3.63) is 53.6 Å². The summed E-state index contributed by atoms with van der Waals surface area (Å²) in [7, 11) is 0. The molecule has 1 aromatic carbocycles. The van der Waals surface area contributed by atoms with Crippen molar-refractivity contribution in [2.24, 2.45) is 0 Å². The van der Waals surface area contributed by atoms with Gasteiger partial charge in [0.2, 0.25) is 5.91 Å². The number of halogens is 2. The van der Waals surface area contributed by atoms with Crippen LogP contribution in [0.3, 0.4) is 0 Å². The first-order chi connectivity index (χ1) is 17.4. The van der Waals surface area contributed by atoms with Crippen molar-refractivity contribution >= 4 is 34.8 Å². The number of hydrogen-bond acceptors (Lipinski definition) is 7. The second-order valence-corrected chi connectivity index (χ2v) is 9.02. The number of morpholine rings is 1. The molecule has 4 heterocycles. The number of likely N-dealkylation sites (tertiary alicyclic amines) is 1. The lowest BCUT2D eigenvalue weighted by molar-refractivity contribution is -0.127. The van der Waals surface area contributed by atoms with Gasteiger partial charge in [-0.2, -0.15) is 0 Å². The molecule has 0 spiro atoms. The molecule has 3 aliphatic rings. The summed E-state index contributed by atoms with van der Waals surface area (Å²) >= 11 is 0. The fourth-order valence-corrected chi connectivity index (χ4v) is 4.83. The number of anilines is 4. The second kappa shape index (κ2) is 10.1. The van der Waals surface area contributed by atoms with Crippen LogP contribution in [0.15, 0.2) is 30.9 Å². The van der Waals surface area contributed by atoms with E-state index < -0.39 is 17.5 Å². The molecular formula is C25H28F2N6O3. The molecule has 0 radical (unpaired) electrons. The molecule has 5 rings (SSSR count). The van der Waals surface area contributed by atoms with Crippen molar-refractivity contribution in [3.63, 3.8) is 0 Å². The Morgan fingerprint density at radius 3 is 2.78 bits per heavy atom. The van der Waals surface area contributed by atoms with Gasteiger partial charge >= 0.3 is 0 Å². The van der Waals surface area contributed by atoms with Crippen LogP contribution in [0.25, 0.3) is 0 Å². The molecule has 2 fully saturated rings. The number of ether oxygens (including phenoxy) is 1. The number of amides is 2. The van der Waals surface area contributed by atoms with Gasteiger partial charge in [-0.05, 0) is 37.1 Å². The summed E-state index contributed by atoms with van der Waals surface area (Å²) in [6.07, 6.45) is 2.72. The Labute approximate surface area is 207 Å². The van der Waals surface area contributed by atoms with E-state index in [1.54, 1.807) is 17.0 Å². The van der Waals surface area contributed by atoms with Crippen LogP contribution in [0.2, 0.25) is 0 Å². The number of fused-ring (bicyclic) bond motifs is 1. The van der Waals surface area contributed by atoms with Gasteiger partial charge in [0.05, 0.1) is 24.5 Å². The van der Waals surface area contributed by atoms with Gasteiger partial charge < -0.3 is 30.5 Å². The molecule has 2 saturated heterocycles. The van der Waals surface area contributed by atoms with E-state index in [0.717, 1.165) is 18.5 Å². The van der Waals surface area contributed by atoms with Crippen LogP contribution in [0.1, 0.15) is 28.8 Å². The Morgan fingerprint density at radius 1 is 1.22 bits per heavy atom. The molecule has 9 nitrogen and oxygen atoms in total. The van der Waals surface area contributed by atoms with E-state index in [4.69, 9.17) is 4.74 Å². The molecule has 1 atom stereocenters. The fourth-order valence-electron chi connectivity index (χ4n) is 4.83. The van der Waals surface area contributed by atoms with Gasteiger partial charge in [0.1, 0.15) is 11.6 Å². The molecule has 3 N–H and O–H groups in total. The molecule has 2 amide bonds. The first-order valence-corrected chi connectivity index (χ1v) is 12.0.